The largest absolute Gasteiger partial charge is 0.479 e. The van der Waals surface area contributed by atoms with Crippen molar-refractivity contribution in [2.45, 2.75) is 19.1 Å². The van der Waals surface area contributed by atoms with E-state index in [0.29, 0.717) is 5.69 Å². The van der Waals surface area contributed by atoms with Crippen LogP contribution in [-0.2, 0) is 4.79 Å². The molecule has 0 heterocycles. The minimum absolute atomic E-state index is 0.000504. The topological polar surface area (TPSA) is 78.8 Å². The fourth-order valence-electron chi connectivity index (χ4n) is 1.10. The van der Waals surface area contributed by atoms with Crippen LogP contribution in [0.15, 0.2) is 24.3 Å². The first-order valence-corrected chi connectivity index (χ1v) is 5.06. The summed E-state index contributed by atoms with van der Waals surface area (Å²) in [6, 6.07) is 5.50. The molecule has 0 aromatic heterocycles. The maximum absolute atomic E-state index is 11.9. The van der Waals surface area contributed by atoms with E-state index in [1.807, 2.05) is 0 Å². The first-order valence-electron chi connectivity index (χ1n) is 5.06. The Bertz CT molecular complexity index is 406. The molecule has 0 bridgehead atoms. The van der Waals surface area contributed by atoms with Crippen LogP contribution < -0.4 is 10.1 Å². The molecular formula is C11H13F2NO4. The molecule has 7 heteroatoms. The highest BCUT2D eigenvalue weighted by Gasteiger charge is 2.29. The van der Waals surface area contributed by atoms with Crippen molar-refractivity contribution in [2.24, 2.45) is 0 Å². The van der Waals surface area contributed by atoms with Crippen LogP contribution >= 0.6 is 0 Å². The molecule has 0 aliphatic heterocycles. The van der Waals surface area contributed by atoms with Crippen LogP contribution in [-0.4, -0.2) is 34.9 Å². The van der Waals surface area contributed by atoms with Crippen LogP contribution in [0, 0.1) is 0 Å². The SMILES string of the molecule is CC(O)(CNc1ccc(OC(F)F)cc1)C(=O)O. The third-order valence-corrected chi connectivity index (χ3v) is 2.18. The van der Waals surface area contributed by atoms with E-state index < -0.39 is 18.2 Å². The van der Waals surface area contributed by atoms with Gasteiger partial charge in [0.15, 0.2) is 5.60 Å². The summed E-state index contributed by atoms with van der Waals surface area (Å²) < 4.78 is 27.9. The highest BCUT2D eigenvalue weighted by molar-refractivity contribution is 5.77. The lowest BCUT2D eigenvalue weighted by molar-refractivity contribution is -0.155. The second kappa shape index (κ2) is 5.63. The van der Waals surface area contributed by atoms with Crippen molar-refractivity contribution in [3.63, 3.8) is 0 Å². The number of benzene rings is 1. The smallest absolute Gasteiger partial charge is 0.387 e. The highest BCUT2D eigenvalue weighted by atomic mass is 19.3. The molecule has 0 aliphatic rings. The normalized spacial score (nSPS) is 14.1. The quantitative estimate of drug-likeness (QED) is 0.723. The van der Waals surface area contributed by atoms with Crippen molar-refractivity contribution in [3.05, 3.63) is 24.3 Å². The monoisotopic (exact) mass is 261 g/mol. The Hall–Kier alpha value is -1.89. The Kier molecular flexibility index (Phi) is 4.43. The average Bonchev–Trinajstić information content (AvgIpc) is 2.27. The number of carboxylic acid groups (broad SMARTS) is 1. The summed E-state index contributed by atoms with van der Waals surface area (Å²) in [5.41, 5.74) is -1.42. The molecule has 3 N–H and O–H groups in total. The predicted molar refractivity (Wildman–Crippen MR) is 59.8 cm³/mol. The number of aliphatic carboxylic acids is 1. The van der Waals surface area contributed by atoms with E-state index in [4.69, 9.17) is 5.11 Å². The van der Waals surface area contributed by atoms with Crippen molar-refractivity contribution in [1.82, 2.24) is 0 Å². The molecule has 100 valence electrons. The van der Waals surface area contributed by atoms with Gasteiger partial charge in [-0.15, -0.1) is 0 Å². The number of ether oxygens (including phenoxy) is 1. The van der Waals surface area contributed by atoms with Gasteiger partial charge in [0.1, 0.15) is 5.75 Å². The summed E-state index contributed by atoms with van der Waals surface area (Å²) in [5.74, 6) is -1.35. The van der Waals surface area contributed by atoms with Gasteiger partial charge in [-0.05, 0) is 31.2 Å². The van der Waals surface area contributed by atoms with Gasteiger partial charge in [-0.25, -0.2) is 4.79 Å². The summed E-state index contributed by atoms with van der Waals surface area (Å²) >= 11 is 0. The van der Waals surface area contributed by atoms with Crippen molar-refractivity contribution >= 4 is 11.7 Å². The molecule has 0 radical (unpaired) electrons. The van der Waals surface area contributed by atoms with E-state index >= 15 is 0 Å². The number of carboxylic acids is 1. The molecule has 0 saturated heterocycles. The maximum atomic E-state index is 11.9. The predicted octanol–water partition coefficient (Wildman–Crippen LogP) is 1.54. The van der Waals surface area contributed by atoms with E-state index in [-0.39, 0.29) is 12.3 Å². The first-order chi connectivity index (χ1) is 8.31. The molecule has 0 spiro atoms. The molecule has 0 amide bonds. The van der Waals surface area contributed by atoms with Gasteiger partial charge in [-0.1, -0.05) is 0 Å². The third-order valence-electron chi connectivity index (χ3n) is 2.18. The van der Waals surface area contributed by atoms with E-state index in [2.05, 4.69) is 10.1 Å². The van der Waals surface area contributed by atoms with Crippen molar-refractivity contribution in [2.75, 3.05) is 11.9 Å². The van der Waals surface area contributed by atoms with Gasteiger partial charge in [-0.3, -0.25) is 0 Å². The molecule has 1 unspecified atom stereocenters. The molecule has 0 aliphatic carbocycles. The fourth-order valence-corrected chi connectivity index (χ4v) is 1.10. The van der Waals surface area contributed by atoms with E-state index in [0.717, 1.165) is 6.92 Å². The Morgan fingerprint density at radius 2 is 2.00 bits per heavy atom. The molecule has 1 rings (SSSR count). The lowest BCUT2D eigenvalue weighted by Crippen LogP contribution is -2.41. The molecule has 18 heavy (non-hydrogen) atoms. The van der Waals surface area contributed by atoms with Crippen molar-refractivity contribution < 1.29 is 28.5 Å². The molecule has 0 saturated carbocycles. The molecular weight excluding hydrogens is 248 g/mol. The number of nitrogens with one attached hydrogen (secondary N) is 1. The molecule has 1 aromatic carbocycles. The van der Waals surface area contributed by atoms with Crippen LogP contribution in [0.1, 0.15) is 6.92 Å². The number of alkyl halides is 2. The molecule has 0 fully saturated rings. The zero-order valence-electron chi connectivity index (χ0n) is 9.56. The summed E-state index contributed by atoms with van der Waals surface area (Å²) in [7, 11) is 0. The van der Waals surface area contributed by atoms with E-state index in [1.54, 1.807) is 0 Å². The van der Waals surface area contributed by atoms with Crippen LogP contribution in [0.5, 0.6) is 5.75 Å². The average molecular weight is 261 g/mol. The summed E-state index contributed by atoms with van der Waals surface area (Å²) in [4.78, 5) is 10.6. The Balaban J connectivity index is 2.57. The van der Waals surface area contributed by atoms with E-state index in [9.17, 15) is 18.7 Å². The van der Waals surface area contributed by atoms with E-state index in [1.165, 1.54) is 24.3 Å². The lowest BCUT2D eigenvalue weighted by Gasteiger charge is -2.19. The van der Waals surface area contributed by atoms with Crippen LogP contribution in [0.3, 0.4) is 0 Å². The van der Waals surface area contributed by atoms with Gasteiger partial charge >= 0.3 is 12.6 Å². The number of hydrogen-bond acceptors (Lipinski definition) is 4. The molecule has 1 aromatic rings. The third kappa shape index (κ3) is 4.17. The summed E-state index contributed by atoms with van der Waals surface area (Å²) in [6.07, 6.45) is 0. The minimum Gasteiger partial charge on any atom is -0.479 e. The second-order valence-corrected chi connectivity index (χ2v) is 3.84. The summed E-state index contributed by atoms with van der Waals surface area (Å²) in [6.45, 7) is -1.95. The molecule has 5 nitrogen and oxygen atoms in total. The van der Waals surface area contributed by atoms with Gasteiger partial charge in [0.25, 0.3) is 0 Å². The zero-order chi connectivity index (χ0) is 13.8. The van der Waals surface area contributed by atoms with Gasteiger partial charge in [0.05, 0.1) is 6.54 Å². The fraction of sp³-hybridized carbons (Fsp3) is 0.364. The Morgan fingerprint density at radius 1 is 1.44 bits per heavy atom. The summed E-state index contributed by atoms with van der Waals surface area (Å²) in [5, 5.41) is 20.8. The van der Waals surface area contributed by atoms with Crippen LogP contribution in [0.4, 0.5) is 14.5 Å². The number of halogens is 2. The number of carbonyl (C=O) groups is 1. The minimum atomic E-state index is -2.89. The number of rotatable bonds is 6. The van der Waals surface area contributed by atoms with Crippen molar-refractivity contribution in [1.29, 1.82) is 0 Å². The van der Waals surface area contributed by atoms with Crippen molar-refractivity contribution in [3.8, 4) is 5.75 Å². The zero-order valence-corrected chi connectivity index (χ0v) is 9.56. The van der Waals surface area contributed by atoms with Gasteiger partial charge in [-0.2, -0.15) is 8.78 Å². The lowest BCUT2D eigenvalue weighted by atomic mass is 10.1. The van der Waals surface area contributed by atoms with Gasteiger partial charge < -0.3 is 20.3 Å². The second-order valence-electron chi connectivity index (χ2n) is 3.84. The standard InChI is InChI=1S/C11H13F2NO4/c1-11(17,9(15)16)6-14-7-2-4-8(5-3-7)18-10(12)13/h2-5,10,14,17H,6H2,1H3,(H,15,16). The number of aliphatic hydroxyl groups is 1. The van der Waals surface area contributed by atoms with Crippen LogP contribution in [0.25, 0.3) is 0 Å². The number of hydrogen-bond donors (Lipinski definition) is 3. The van der Waals surface area contributed by atoms with Gasteiger partial charge in [0.2, 0.25) is 0 Å². The van der Waals surface area contributed by atoms with Crippen LogP contribution in [0.2, 0.25) is 0 Å². The molecule has 1 atom stereocenters. The number of anilines is 1. The maximum Gasteiger partial charge on any atom is 0.387 e. The van der Waals surface area contributed by atoms with Gasteiger partial charge in [0, 0.05) is 5.69 Å². The highest BCUT2D eigenvalue weighted by Crippen LogP contribution is 2.18. The Morgan fingerprint density at radius 3 is 2.44 bits per heavy atom. The Labute approximate surface area is 102 Å². The first kappa shape index (κ1) is 14.2.